The van der Waals surface area contributed by atoms with Crippen molar-refractivity contribution in [1.82, 2.24) is 5.32 Å². The van der Waals surface area contributed by atoms with Crippen LogP contribution in [0.2, 0.25) is 0 Å². The summed E-state index contributed by atoms with van der Waals surface area (Å²) in [5.41, 5.74) is 2.44. The Morgan fingerprint density at radius 1 is 1.00 bits per heavy atom. The Morgan fingerprint density at radius 2 is 1.71 bits per heavy atom. The summed E-state index contributed by atoms with van der Waals surface area (Å²) in [5, 5.41) is 2.84. The van der Waals surface area contributed by atoms with E-state index < -0.39 is 15.8 Å². The highest BCUT2D eigenvalue weighted by atomic mass is 32.2. The Hall–Kier alpha value is -2.84. The number of aryl methyl sites for hydroxylation is 1. The monoisotopic (exact) mass is 458 g/mol. The highest BCUT2D eigenvalue weighted by Crippen LogP contribution is 2.20. The van der Waals surface area contributed by atoms with Crippen LogP contribution in [0.4, 0.5) is 10.1 Å². The van der Waals surface area contributed by atoms with Gasteiger partial charge in [0, 0.05) is 29.3 Å². The van der Waals surface area contributed by atoms with Crippen LogP contribution in [-0.2, 0) is 15.8 Å². The number of carbonyl (C=O) groups is 1. The summed E-state index contributed by atoms with van der Waals surface area (Å²) in [7, 11) is -3.92. The van der Waals surface area contributed by atoms with Gasteiger partial charge in [0.1, 0.15) is 5.82 Å². The van der Waals surface area contributed by atoms with Crippen molar-refractivity contribution in [2.75, 3.05) is 17.0 Å². The Morgan fingerprint density at radius 3 is 2.42 bits per heavy atom. The summed E-state index contributed by atoms with van der Waals surface area (Å²) >= 11 is 1.71. The summed E-state index contributed by atoms with van der Waals surface area (Å²) in [6.07, 6.45) is 0. The van der Waals surface area contributed by atoms with Crippen molar-refractivity contribution in [3.8, 4) is 0 Å². The molecule has 0 aliphatic heterocycles. The molecular weight excluding hydrogens is 435 g/mol. The number of hydrogen-bond donors (Lipinski definition) is 2. The molecule has 3 aromatic rings. The SMILES string of the molecule is Cc1ccc(S(=O)(=O)Nc2ccc(F)cc2)cc1C(=O)NCCSCc1ccccc1. The maximum atomic E-state index is 13.0. The molecular formula is C23H23FN2O3S2. The Balaban J connectivity index is 1.60. The first-order valence-corrected chi connectivity index (χ1v) is 12.3. The molecule has 0 fully saturated rings. The number of halogens is 1. The van der Waals surface area contributed by atoms with E-state index in [2.05, 4.69) is 22.2 Å². The van der Waals surface area contributed by atoms with E-state index >= 15 is 0 Å². The van der Waals surface area contributed by atoms with Crippen LogP contribution in [0.1, 0.15) is 21.5 Å². The standard InChI is InChI=1S/C23H23FN2O3S2/c1-17-7-12-21(31(28,29)26-20-10-8-19(24)9-11-20)15-22(17)23(27)25-13-14-30-16-18-5-3-2-4-6-18/h2-12,15,26H,13-14,16H2,1H3,(H,25,27). The number of carbonyl (C=O) groups excluding carboxylic acids is 1. The number of benzene rings is 3. The van der Waals surface area contributed by atoms with Gasteiger partial charge in [-0.3, -0.25) is 9.52 Å². The van der Waals surface area contributed by atoms with Gasteiger partial charge in [-0.15, -0.1) is 0 Å². The maximum Gasteiger partial charge on any atom is 0.261 e. The second-order valence-corrected chi connectivity index (χ2v) is 9.67. The first-order chi connectivity index (χ1) is 14.8. The van der Waals surface area contributed by atoms with Gasteiger partial charge in [0.15, 0.2) is 0 Å². The lowest BCUT2D eigenvalue weighted by Gasteiger charge is -2.12. The molecule has 0 bridgehead atoms. The van der Waals surface area contributed by atoms with Gasteiger partial charge in [0.25, 0.3) is 15.9 Å². The number of sulfonamides is 1. The quantitative estimate of drug-likeness (QED) is 0.460. The second-order valence-electron chi connectivity index (χ2n) is 6.88. The van der Waals surface area contributed by atoms with E-state index in [1.807, 2.05) is 18.2 Å². The number of amides is 1. The number of nitrogens with one attached hydrogen (secondary N) is 2. The van der Waals surface area contributed by atoms with Gasteiger partial charge in [0.2, 0.25) is 0 Å². The topological polar surface area (TPSA) is 75.3 Å². The van der Waals surface area contributed by atoms with Crippen molar-refractivity contribution >= 4 is 33.4 Å². The third-order valence-electron chi connectivity index (χ3n) is 4.50. The lowest BCUT2D eigenvalue weighted by atomic mass is 10.1. The average molecular weight is 459 g/mol. The molecule has 0 spiro atoms. The molecule has 0 radical (unpaired) electrons. The molecule has 2 N–H and O–H groups in total. The molecule has 31 heavy (non-hydrogen) atoms. The van der Waals surface area contributed by atoms with Crippen LogP contribution >= 0.6 is 11.8 Å². The molecule has 8 heteroatoms. The van der Waals surface area contributed by atoms with Gasteiger partial charge in [-0.1, -0.05) is 36.4 Å². The fourth-order valence-electron chi connectivity index (χ4n) is 2.84. The van der Waals surface area contributed by atoms with Gasteiger partial charge < -0.3 is 5.32 Å². The Kier molecular flexibility index (Phi) is 7.70. The summed E-state index contributed by atoms with van der Waals surface area (Å²) in [6, 6.07) is 19.5. The van der Waals surface area contributed by atoms with Crippen LogP contribution in [0.5, 0.6) is 0 Å². The van der Waals surface area contributed by atoms with E-state index in [1.165, 1.54) is 42.0 Å². The molecule has 3 rings (SSSR count). The van der Waals surface area contributed by atoms with Crippen LogP contribution in [0.3, 0.4) is 0 Å². The van der Waals surface area contributed by atoms with E-state index in [9.17, 15) is 17.6 Å². The third-order valence-corrected chi connectivity index (χ3v) is 6.91. The van der Waals surface area contributed by atoms with Crippen molar-refractivity contribution in [2.45, 2.75) is 17.6 Å². The number of thioether (sulfide) groups is 1. The van der Waals surface area contributed by atoms with Crippen LogP contribution in [-0.4, -0.2) is 26.6 Å². The van der Waals surface area contributed by atoms with Gasteiger partial charge in [0.05, 0.1) is 4.90 Å². The number of hydrogen-bond acceptors (Lipinski definition) is 4. The van der Waals surface area contributed by atoms with Gasteiger partial charge in [-0.25, -0.2) is 12.8 Å². The summed E-state index contributed by atoms with van der Waals surface area (Å²) < 4.78 is 40.8. The zero-order chi connectivity index (χ0) is 22.3. The first-order valence-electron chi connectivity index (χ1n) is 9.64. The van der Waals surface area contributed by atoms with Crippen molar-refractivity contribution in [3.05, 3.63) is 95.3 Å². The smallest absolute Gasteiger partial charge is 0.261 e. The van der Waals surface area contributed by atoms with Crippen molar-refractivity contribution in [3.63, 3.8) is 0 Å². The Labute approximate surface area is 186 Å². The first kappa shape index (κ1) is 22.8. The molecule has 0 unspecified atom stereocenters. The third kappa shape index (κ3) is 6.57. The largest absolute Gasteiger partial charge is 0.351 e. The minimum absolute atomic E-state index is 0.0361. The predicted octanol–water partition coefficient (Wildman–Crippen LogP) is 4.60. The highest BCUT2D eigenvalue weighted by molar-refractivity contribution is 7.98. The molecule has 0 saturated carbocycles. The van der Waals surface area contributed by atoms with Crippen LogP contribution in [0, 0.1) is 12.7 Å². The fourth-order valence-corrected chi connectivity index (χ4v) is 4.74. The van der Waals surface area contributed by atoms with Gasteiger partial charge >= 0.3 is 0 Å². The second kappa shape index (κ2) is 10.5. The lowest BCUT2D eigenvalue weighted by molar-refractivity contribution is 0.0955. The van der Waals surface area contributed by atoms with Crippen LogP contribution in [0.15, 0.2) is 77.7 Å². The normalized spacial score (nSPS) is 11.2. The summed E-state index contributed by atoms with van der Waals surface area (Å²) in [4.78, 5) is 12.6. The number of rotatable bonds is 9. The minimum atomic E-state index is -3.92. The number of anilines is 1. The zero-order valence-electron chi connectivity index (χ0n) is 17.0. The molecule has 3 aromatic carbocycles. The maximum absolute atomic E-state index is 13.0. The van der Waals surface area contributed by atoms with E-state index in [-0.39, 0.29) is 16.5 Å². The van der Waals surface area contributed by atoms with E-state index in [4.69, 9.17) is 0 Å². The van der Waals surface area contributed by atoms with E-state index in [1.54, 1.807) is 24.8 Å². The van der Waals surface area contributed by atoms with Gasteiger partial charge in [-0.2, -0.15) is 11.8 Å². The molecule has 162 valence electrons. The summed E-state index contributed by atoms with van der Waals surface area (Å²) in [5.74, 6) is 0.818. The molecule has 0 atom stereocenters. The van der Waals surface area contributed by atoms with E-state index in [0.29, 0.717) is 17.7 Å². The van der Waals surface area contributed by atoms with Crippen LogP contribution in [0.25, 0.3) is 0 Å². The molecule has 0 aliphatic rings. The van der Waals surface area contributed by atoms with Crippen molar-refractivity contribution in [1.29, 1.82) is 0 Å². The predicted molar refractivity (Wildman–Crippen MR) is 123 cm³/mol. The molecule has 1 amide bonds. The average Bonchev–Trinajstić information content (AvgIpc) is 2.75. The molecule has 0 aliphatic carbocycles. The fraction of sp³-hybridized carbons (Fsp3) is 0.174. The lowest BCUT2D eigenvalue weighted by Crippen LogP contribution is -2.27. The van der Waals surface area contributed by atoms with Crippen molar-refractivity contribution < 1.29 is 17.6 Å². The minimum Gasteiger partial charge on any atom is -0.351 e. The molecule has 0 heterocycles. The molecule has 5 nitrogen and oxygen atoms in total. The zero-order valence-corrected chi connectivity index (χ0v) is 18.6. The molecule has 0 aromatic heterocycles. The van der Waals surface area contributed by atoms with Gasteiger partial charge in [-0.05, 0) is 54.4 Å². The summed E-state index contributed by atoms with van der Waals surface area (Å²) in [6.45, 7) is 2.23. The Bertz CT molecular complexity index is 1140. The van der Waals surface area contributed by atoms with Crippen LogP contribution < -0.4 is 10.0 Å². The van der Waals surface area contributed by atoms with Crippen molar-refractivity contribution in [2.24, 2.45) is 0 Å². The highest BCUT2D eigenvalue weighted by Gasteiger charge is 2.18. The van der Waals surface area contributed by atoms with E-state index in [0.717, 1.165) is 11.5 Å². The molecule has 0 saturated heterocycles.